The number of carbonyl (C=O) groups excluding carboxylic acids is 1. The van der Waals surface area contributed by atoms with Gasteiger partial charge >= 0.3 is 0 Å². The van der Waals surface area contributed by atoms with Crippen LogP contribution in [0.5, 0.6) is 17.2 Å². The van der Waals surface area contributed by atoms with Crippen molar-refractivity contribution in [1.29, 1.82) is 0 Å². The van der Waals surface area contributed by atoms with E-state index in [-0.39, 0.29) is 11.9 Å². The molecular formula is C20H22BrNO4. The van der Waals surface area contributed by atoms with Gasteiger partial charge in [0.25, 0.3) is 0 Å². The Kier molecular flexibility index (Phi) is 7.09. The minimum absolute atomic E-state index is 0.104. The number of nitrogens with one attached hydrogen (secondary N) is 1. The summed E-state index contributed by atoms with van der Waals surface area (Å²) in [6.45, 7) is 1.94. The van der Waals surface area contributed by atoms with Gasteiger partial charge in [-0.3, -0.25) is 4.79 Å². The highest BCUT2D eigenvalue weighted by Gasteiger charge is 2.11. The van der Waals surface area contributed by atoms with Crippen LogP contribution in [0.15, 0.2) is 46.9 Å². The summed E-state index contributed by atoms with van der Waals surface area (Å²) in [4.78, 5) is 12.2. The first-order valence-corrected chi connectivity index (χ1v) is 8.81. The van der Waals surface area contributed by atoms with Crippen molar-refractivity contribution in [3.63, 3.8) is 0 Å². The Hall–Kier alpha value is -2.47. The molecule has 138 valence electrons. The van der Waals surface area contributed by atoms with Gasteiger partial charge in [0.2, 0.25) is 5.91 Å². The van der Waals surface area contributed by atoms with Crippen molar-refractivity contribution < 1.29 is 19.0 Å². The predicted molar refractivity (Wildman–Crippen MR) is 106 cm³/mol. The van der Waals surface area contributed by atoms with Crippen LogP contribution in [0, 0.1) is 0 Å². The highest BCUT2D eigenvalue weighted by atomic mass is 79.9. The van der Waals surface area contributed by atoms with E-state index in [1.165, 1.54) is 6.08 Å². The van der Waals surface area contributed by atoms with Gasteiger partial charge < -0.3 is 19.5 Å². The number of halogens is 1. The van der Waals surface area contributed by atoms with Gasteiger partial charge in [-0.15, -0.1) is 0 Å². The van der Waals surface area contributed by atoms with Crippen molar-refractivity contribution >= 4 is 27.9 Å². The smallest absolute Gasteiger partial charge is 0.244 e. The van der Waals surface area contributed by atoms with E-state index in [9.17, 15) is 4.79 Å². The van der Waals surface area contributed by atoms with Crippen LogP contribution in [0.1, 0.15) is 24.1 Å². The summed E-state index contributed by atoms with van der Waals surface area (Å²) in [5.41, 5.74) is 1.75. The number of carbonyl (C=O) groups is 1. The Morgan fingerprint density at radius 3 is 2.15 bits per heavy atom. The monoisotopic (exact) mass is 419 g/mol. The molecule has 0 aromatic heterocycles. The molecule has 0 saturated carbocycles. The molecule has 0 aliphatic rings. The molecule has 5 nitrogen and oxygen atoms in total. The van der Waals surface area contributed by atoms with Gasteiger partial charge in [-0.05, 0) is 36.8 Å². The van der Waals surface area contributed by atoms with E-state index >= 15 is 0 Å². The van der Waals surface area contributed by atoms with E-state index in [4.69, 9.17) is 14.2 Å². The molecule has 0 radical (unpaired) electrons. The number of amides is 1. The van der Waals surface area contributed by atoms with Crippen molar-refractivity contribution in [2.24, 2.45) is 0 Å². The second-order valence-electron chi connectivity index (χ2n) is 5.56. The molecule has 2 aromatic carbocycles. The average molecular weight is 420 g/mol. The fraction of sp³-hybridized carbons (Fsp3) is 0.250. The summed E-state index contributed by atoms with van der Waals surface area (Å²) in [6.07, 6.45) is 3.16. The third kappa shape index (κ3) is 5.02. The SMILES string of the molecule is COc1cc(OC)c(OC)cc1/C=C/C(=O)N[C@@H](C)c1ccc(Br)cc1. The first kappa shape index (κ1) is 19.8. The fourth-order valence-electron chi connectivity index (χ4n) is 2.44. The second-order valence-corrected chi connectivity index (χ2v) is 6.48. The van der Waals surface area contributed by atoms with Crippen molar-refractivity contribution in [3.8, 4) is 17.2 Å². The maximum absolute atomic E-state index is 12.2. The van der Waals surface area contributed by atoms with Gasteiger partial charge in [-0.25, -0.2) is 0 Å². The maximum atomic E-state index is 12.2. The Morgan fingerprint density at radius 2 is 1.58 bits per heavy atom. The lowest BCUT2D eigenvalue weighted by atomic mass is 10.1. The summed E-state index contributed by atoms with van der Waals surface area (Å²) in [5, 5.41) is 2.94. The Morgan fingerprint density at radius 1 is 1.00 bits per heavy atom. The Bertz CT molecular complexity index is 787. The molecule has 26 heavy (non-hydrogen) atoms. The highest BCUT2D eigenvalue weighted by molar-refractivity contribution is 9.10. The van der Waals surface area contributed by atoms with Crippen LogP contribution in [0.25, 0.3) is 6.08 Å². The number of ether oxygens (including phenoxy) is 3. The van der Waals surface area contributed by atoms with E-state index < -0.39 is 0 Å². The first-order valence-electron chi connectivity index (χ1n) is 8.02. The number of rotatable bonds is 7. The van der Waals surface area contributed by atoms with Crippen LogP contribution < -0.4 is 19.5 Å². The molecule has 0 spiro atoms. The predicted octanol–water partition coefficient (Wildman–Crippen LogP) is 4.37. The van der Waals surface area contributed by atoms with Crippen molar-refractivity contribution in [1.82, 2.24) is 5.32 Å². The summed E-state index contributed by atoms with van der Waals surface area (Å²) in [5.74, 6) is 1.52. The molecule has 0 aliphatic carbocycles. The summed E-state index contributed by atoms with van der Waals surface area (Å²) >= 11 is 3.40. The van der Waals surface area contributed by atoms with E-state index in [2.05, 4.69) is 21.2 Å². The van der Waals surface area contributed by atoms with Gasteiger partial charge in [-0.2, -0.15) is 0 Å². The molecule has 1 amide bonds. The molecule has 0 aliphatic heterocycles. The van der Waals surface area contributed by atoms with E-state index in [0.717, 1.165) is 15.6 Å². The lowest BCUT2D eigenvalue weighted by Gasteiger charge is -2.13. The summed E-state index contributed by atoms with van der Waals surface area (Å²) in [7, 11) is 4.68. The largest absolute Gasteiger partial charge is 0.496 e. The number of methoxy groups -OCH3 is 3. The summed E-state index contributed by atoms with van der Waals surface area (Å²) in [6, 6.07) is 11.2. The lowest BCUT2D eigenvalue weighted by molar-refractivity contribution is -0.117. The van der Waals surface area contributed by atoms with Crippen LogP contribution in [0.2, 0.25) is 0 Å². The molecular weight excluding hydrogens is 398 g/mol. The van der Waals surface area contributed by atoms with Gasteiger partial charge in [0.15, 0.2) is 11.5 Å². The maximum Gasteiger partial charge on any atom is 0.244 e. The molecule has 0 fully saturated rings. The van der Waals surface area contributed by atoms with Crippen LogP contribution in [0.4, 0.5) is 0 Å². The first-order chi connectivity index (χ1) is 12.5. The minimum atomic E-state index is -0.197. The van der Waals surface area contributed by atoms with Gasteiger partial charge in [0.1, 0.15) is 5.75 Å². The zero-order valence-electron chi connectivity index (χ0n) is 15.2. The van der Waals surface area contributed by atoms with Crippen LogP contribution in [-0.2, 0) is 4.79 Å². The van der Waals surface area contributed by atoms with Crippen molar-refractivity contribution in [2.75, 3.05) is 21.3 Å². The fourth-order valence-corrected chi connectivity index (χ4v) is 2.71. The molecule has 0 bridgehead atoms. The summed E-state index contributed by atoms with van der Waals surface area (Å²) < 4.78 is 16.9. The van der Waals surface area contributed by atoms with Gasteiger partial charge in [-0.1, -0.05) is 28.1 Å². The number of hydrogen-bond donors (Lipinski definition) is 1. The van der Waals surface area contributed by atoms with Crippen LogP contribution in [0.3, 0.4) is 0 Å². The van der Waals surface area contributed by atoms with E-state index in [1.807, 2.05) is 31.2 Å². The van der Waals surface area contributed by atoms with Crippen molar-refractivity contribution in [2.45, 2.75) is 13.0 Å². The van der Waals surface area contributed by atoms with Crippen LogP contribution >= 0.6 is 15.9 Å². The third-order valence-corrected chi connectivity index (χ3v) is 4.41. The zero-order valence-corrected chi connectivity index (χ0v) is 16.8. The van der Waals surface area contributed by atoms with Crippen LogP contribution in [-0.4, -0.2) is 27.2 Å². The number of benzene rings is 2. The Labute approximate surface area is 162 Å². The number of hydrogen-bond acceptors (Lipinski definition) is 4. The van der Waals surface area contributed by atoms with Crippen molar-refractivity contribution in [3.05, 3.63) is 58.1 Å². The third-order valence-electron chi connectivity index (χ3n) is 3.88. The lowest BCUT2D eigenvalue weighted by Crippen LogP contribution is -2.24. The average Bonchev–Trinajstić information content (AvgIpc) is 2.65. The molecule has 0 saturated heterocycles. The normalized spacial score (nSPS) is 11.9. The van der Waals surface area contributed by atoms with E-state index in [1.54, 1.807) is 39.5 Å². The molecule has 2 aromatic rings. The Balaban J connectivity index is 2.13. The van der Waals surface area contributed by atoms with Gasteiger partial charge in [0.05, 0.1) is 27.4 Å². The quantitative estimate of drug-likeness (QED) is 0.677. The minimum Gasteiger partial charge on any atom is -0.496 e. The topological polar surface area (TPSA) is 56.8 Å². The standard InChI is InChI=1S/C20H22BrNO4/c1-13(14-5-8-16(21)9-6-14)22-20(23)10-7-15-11-18(25-3)19(26-4)12-17(15)24-2/h5-13H,1-4H3,(H,22,23)/b10-7+/t13-/m0/s1. The molecule has 1 N–H and O–H groups in total. The van der Waals surface area contributed by atoms with E-state index in [0.29, 0.717) is 17.2 Å². The highest BCUT2D eigenvalue weighted by Crippen LogP contribution is 2.35. The molecule has 6 heteroatoms. The molecule has 2 rings (SSSR count). The molecule has 1 atom stereocenters. The second kappa shape index (κ2) is 9.29. The van der Waals surface area contributed by atoms with Gasteiger partial charge in [0, 0.05) is 22.2 Å². The molecule has 0 unspecified atom stereocenters. The zero-order chi connectivity index (χ0) is 19.1. The molecule has 0 heterocycles.